The number of carboxylic acids is 1. The van der Waals surface area contributed by atoms with Gasteiger partial charge in [0.2, 0.25) is 5.89 Å². The van der Waals surface area contributed by atoms with Gasteiger partial charge in [-0.2, -0.15) is 4.98 Å². The van der Waals surface area contributed by atoms with Crippen LogP contribution in [0.1, 0.15) is 56.7 Å². The van der Waals surface area contributed by atoms with Crippen LogP contribution in [-0.4, -0.2) is 39.2 Å². The Morgan fingerprint density at radius 1 is 1.55 bits per heavy atom. The number of aromatic nitrogens is 2. The molecule has 0 spiro atoms. The molecule has 20 heavy (non-hydrogen) atoms. The third-order valence-corrected chi connectivity index (χ3v) is 4.57. The molecule has 1 unspecified atom stereocenters. The molecular formula is C14H21N3O3. The van der Waals surface area contributed by atoms with E-state index in [0.29, 0.717) is 31.3 Å². The van der Waals surface area contributed by atoms with Crippen molar-refractivity contribution in [3.8, 4) is 0 Å². The highest BCUT2D eigenvalue weighted by molar-refractivity contribution is 5.75. The van der Waals surface area contributed by atoms with Crippen molar-refractivity contribution in [2.45, 2.75) is 51.5 Å². The summed E-state index contributed by atoms with van der Waals surface area (Å²) in [6.07, 6.45) is 4.63. The van der Waals surface area contributed by atoms with E-state index in [1.807, 2.05) is 6.92 Å². The Kier molecular flexibility index (Phi) is 3.50. The van der Waals surface area contributed by atoms with E-state index in [-0.39, 0.29) is 0 Å². The second-order valence-electron chi connectivity index (χ2n) is 6.07. The number of piperidine rings is 1. The molecule has 1 N–H and O–H groups in total. The topological polar surface area (TPSA) is 79.5 Å². The van der Waals surface area contributed by atoms with E-state index in [1.54, 1.807) is 0 Å². The molecule has 2 heterocycles. The number of likely N-dealkylation sites (tertiary alicyclic amines) is 1. The lowest BCUT2D eigenvalue weighted by atomic mass is 9.77. The fourth-order valence-electron chi connectivity index (χ4n) is 3.01. The van der Waals surface area contributed by atoms with Gasteiger partial charge in [-0.05, 0) is 38.6 Å². The van der Waals surface area contributed by atoms with Crippen LogP contribution >= 0.6 is 0 Å². The third-order valence-electron chi connectivity index (χ3n) is 4.57. The Balaban J connectivity index is 1.65. The van der Waals surface area contributed by atoms with Crippen LogP contribution in [0.5, 0.6) is 0 Å². The van der Waals surface area contributed by atoms with Gasteiger partial charge >= 0.3 is 5.97 Å². The summed E-state index contributed by atoms with van der Waals surface area (Å²) in [6, 6.07) is 0. The minimum atomic E-state index is -0.686. The molecule has 0 aromatic carbocycles. The first kappa shape index (κ1) is 13.5. The zero-order valence-corrected chi connectivity index (χ0v) is 11.8. The van der Waals surface area contributed by atoms with E-state index in [2.05, 4.69) is 15.0 Å². The van der Waals surface area contributed by atoms with Crippen molar-refractivity contribution in [2.24, 2.45) is 5.41 Å². The summed E-state index contributed by atoms with van der Waals surface area (Å²) in [7, 11) is 0. The Hall–Kier alpha value is -1.43. The van der Waals surface area contributed by atoms with Gasteiger partial charge in [-0.3, -0.25) is 9.69 Å². The molecule has 1 saturated carbocycles. The van der Waals surface area contributed by atoms with Gasteiger partial charge in [0.25, 0.3) is 0 Å². The zero-order chi connectivity index (χ0) is 14.2. The van der Waals surface area contributed by atoms with Crippen molar-refractivity contribution in [3.63, 3.8) is 0 Å². The molecule has 2 aliphatic rings. The van der Waals surface area contributed by atoms with E-state index in [1.165, 1.54) is 0 Å². The molecule has 1 saturated heterocycles. The van der Waals surface area contributed by atoms with E-state index in [4.69, 9.17) is 4.52 Å². The molecule has 1 atom stereocenters. The Bertz CT molecular complexity index is 498. The highest BCUT2D eigenvalue weighted by Gasteiger charge is 2.41. The summed E-state index contributed by atoms with van der Waals surface area (Å²) >= 11 is 0. The van der Waals surface area contributed by atoms with Gasteiger partial charge < -0.3 is 9.63 Å². The molecule has 6 nitrogen and oxygen atoms in total. The average Bonchev–Trinajstić information content (AvgIpc) is 3.20. The van der Waals surface area contributed by atoms with Crippen LogP contribution in [0.25, 0.3) is 0 Å². The van der Waals surface area contributed by atoms with Crippen LogP contribution in [0.4, 0.5) is 0 Å². The van der Waals surface area contributed by atoms with Gasteiger partial charge in [-0.15, -0.1) is 0 Å². The van der Waals surface area contributed by atoms with Gasteiger partial charge in [0.05, 0.1) is 12.0 Å². The van der Waals surface area contributed by atoms with Gasteiger partial charge in [0, 0.05) is 12.5 Å². The molecule has 0 amide bonds. The number of carboxylic acid groups (broad SMARTS) is 1. The Morgan fingerprint density at radius 2 is 2.35 bits per heavy atom. The number of rotatable bonds is 5. The summed E-state index contributed by atoms with van der Waals surface area (Å²) in [5, 5.41) is 13.5. The van der Waals surface area contributed by atoms with E-state index in [9.17, 15) is 9.90 Å². The van der Waals surface area contributed by atoms with Gasteiger partial charge in [0.15, 0.2) is 5.82 Å². The second kappa shape index (κ2) is 5.16. The normalized spacial score (nSPS) is 27.6. The highest BCUT2D eigenvalue weighted by Crippen LogP contribution is 2.38. The number of hydrogen-bond acceptors (Lipinski definition) is 5. The molecule has 0 radical (unpaired) electrons. The first-order valence-corrected chi connectivity index (χ1v) is 7.41. The molecule has 1 aromatic rings. The van der Waals surface area contributed by atoms with E-state index >= 15 is 0 Å². The third kappa shape index (κ3) is 2.57. The minimum absolute atomic E-state index is 0.489. The predicted octanol–water partition coefficient (Wildman–Crippen LogP) is 2.02. The first-order valence-electron chi connectivity index (χ1n) is 7.41. The van der Waals surface area contributed by atoms with Crippen molar-refractivity contribution in [3.05, 3.63) is 11.7 Å². The van der Waals surface area contributed by atoms with Crippen LogP contribution in [0.3, 0.4) is 0 Å². The van der Waals surface area contributed by atoms with Crippen molar-refractivity contribution in [1.82, 2.24) is 15.0 Å². The molecule has 6 heteroatoms. The molecule has 1 aliphatic carbocycles. The molecular weight excluding hydrogens is 258 g/mol. The van der Waals surface area contributed by atoms with Crippen LogP contribution in [-0.2, 0) is 11.3 Å². The standard InChI is InChI=1S/C14H21N3O3/c1-2-14(13(18)19)6-3-7-17(9-14)8-11-15-12(16-20-11)10-4-5-10/h10H,2-9H2,1H3,(H,18,19). The lowest BCUT2D eigenvalue weighted by molar-refractivity contribution is -0.153. The zero-order valence-electron chi connectivity index (χ0n) is 11.8. The average molecular weight is 279 g/mol. The van der Waals surface area contributed by atoms with Gasteiger partial charge in [-0.25, -0.2) is 0 Å². The van der Waals surface area contributed by atoms with Crippen LogP contribution < -0.4 is 0 Å². The predicted molar refractivity (Wildman–Crippen MR) is 71.1 cm³/mol. The quantitative estimate of drug-likeness (QED) is 0.888. The van der Waals surface area contributed by atoms with E-state index in [0.717, 1.165) is 38.1 Å². The van der Waals surface area contributed by atoms with Crippen LogP contribution in [0, 0.1) is 5.41 Å². The van der Waals surface area contributed by atoms with E-state index < -0.39 is 11.4 Å². The Morgan fingerprint density at radius 3 is 3.00 bits per heavy atom. The second-order valence-corrected chi connectivity index (χ2v) is 6.07. The molecule has 110 valence electrons. The van der Waals surface area contributed by atoms with Crippen LogP contribution in [0.2, 0.25) is 0 Å². The maximum atomic E-state index is 11.5. The number of carbonyl (C=O) groups is 1. The number of aliphatic carboxylic acids is 1. The lowest BCUT2D eigenvalue weighted by Crippen LogP contribution is -2.47. The summed E-state index contributed by atoms with van der Waals surface area (Å²) in [5.41, 5.74) is -0.613. The molecule has 1 aromatic heterocycles. The maximum Gasteiger partial charge on any atom is 0.310 e. The highest BCUT2D eigenvalue weighted by atomic mass is 16.5. The lowest BCUT2D eigenvalue weighted by Gasteiger charge is -2.38. The maximum absolute atomic E-state index is 11.5. The summed E-state index contributed by atoms with van der Waals surface area (Å²) in [4.78, 5) is 18.1. The van der Waals surface area contributed by atoms with Gasteiger partial charge in [0.1, 0.15) is 0 Å². The monoisotopic (exact) mass is 279 g/mol. The summed E-state index contributed by atoms with van der Waals surface area (Å²) in [6.45, 7) is 3.99. The minimum Gasteiger partial charge on any atom is -0.481 e. The fourth-order valence-corrected chi connectivity index (χ4v) is 3.01. The number of hydrogen-bond donors (Lipinski definition) is 1. The summed E-state index contributed by atoms with van der Waals surface area (Å²) in [5.74, 6) is 1.23. The Labute approximate surface area is 118 Å². The number of nitrogens with zero attached hydrogens (tertiary/aromatic N) is 3. The van der Waals surface area contributed by atoms with Crippen molar-refractivity contribution in [1.29, 1.82) is 0 Å². The van der Waals surface area contributed by atoms with Crippen molar-refractivity contribution in [2.75, 3.05) is 13.1 Å². The molecule has 1 aliphatic heterocycles. The summed E-state index contributed by atoms with van der Waals surface area (Å²) < 4.78 is 5.28. The first-order chi connectivity index (χ1) is 9.63. The largest absolute Gasteiger partial charge is 0.481 e. The van der Waals surface area contributed by atoms with Crippen molar-refractivity contribution < 1.29 is 14.4 Å². The molecule has 0 bridgehead atoms. The fraction of sp³-hybridized carbons (Fsp3) is 0.786. The molecule has 2 fully saturated rings. The smallest absolute Gasteiger partial charge is 0.310 e. The molecule has 3 rings (SSSR count). The van der Waals surface area contributed by atoms with Crippen molar-refractivity contribution >= 4 is 5.97 Å². The SMILES string of the molecule is CCC1(C(=O)O)CCCN(Cc2nc(C3CC3)no2)C1. The van der Waals surface area contributed by atoms with Gasteiger partial charge in [-0.1, -0.05) is 12.1 Å². The van der Waals surface area contributed by atoms with Crippen LogP contribution in [0.15, 0.2) is 4.52 Å².